The number of rotatable bonds is 10. The monoisotopic (exact) mass is 545 g/mol. The van der Waals surface area contributed by atoms with Crippen LogP contribution in [-0.4, -0.2) is 36.0 Å². The molecule has 0 bridgehead atoms. The lowest BCUT2D eigenvalue weighted by molar-refractivity contribution is -0.148. The standard InChI is InChI=1S/C30H28F5NO3/c31-22-14-12-21(13-15-22)27(37)26(17-19-6-4-9-23(16-19)39-18-30(34,35)29(32)33)36-28(38)25-11-5-8-20-7-2-1-3-10-24(20)25/h3-6,8-16,26-27,29,37H,1-2,7,17-18H2,(H,36,38). The van der Waals surface area contributed by atoms with E-state index in [1.807, 2.05) is 18.2 Å². The smallest absolute Gasteiger partial charge is 0.340 e. The molecule has 0 spiro atoms. The number of nitrogens with one attached hydrogen (secondary N) is 1. The molecule has 1 aliphatic rings. The molecule has 0 aromatic heterocycles. The summed E-state index contributed by atoms with van der Waals surface area (Å²) in [6, 6.07) is 15.6. The maximum atomic E-state index is 13.5. The maximum Gasteiger partial charge on any atom is 0.340 e. The number of benzene rings is 3. The highest BCUT2D eigenvalue weighted by atomic mass is 19.3. The van der Waals surface area contributed by atoms with Crippen LogP contribution in [0.5, 0.6) is 5.75 Å². The summed E-state index contributed by atoms with van der Waals surface area (Å²) in [7, 11) is 0. The van der Waals surface area contributed by atoms with Gasteiger partial charge in [0.2, 0.25) is 0 Å². The summed E-state index contributed by atoms with van der Waals surface area (Å²) < 4.78 is 70.1. The van der Waals surface area contributed by atoms with Crippen LogP contribution in [0.4, 0.5) is 22.0 Å². The minimum atomic E-state index is -4.31. The quantitative estimate of drug-likeness (QED) is 0.285. The Kier molecular flexibility index (Phi) is 9.01. The molecule has 3 aromatic carbocycles. The summed E-state index contributed by atoms with van der Waals surface area (Å²) in [5.41, 5.74) is 3.13. The number of hydrogen-bond acceptors (Lipinski definition) is 3. The first-order valence-electron chi connectivity index (χ1n) is 12.5. The molecular weight excluding hydrogens is 517 g/mol. The van der Waals surface area contributed by atoms with E-state index in [2.05, 4.69) is 5.32 Å². The van der Waals surface area contributed by atoms with Crippen molar-refractivity contribution in [3.8, 4) is 5.75 Å². The number of hydrogen-bond donors (Lipinski definition) is 2. The lowest BCUT2D eigenvalue weighted by Crippen LogP contribution is -2.41. The first-order chi connectivity index (χ1) is 18.6. The van der Waals surface area contributed by atoms with Crippen LogP contribution in [0, 0.1) is 5.82 Å². The highest BCUT2D eigenvalue weighted by molar-refractivity contribution is 5.98. The van der Waals surface area contributed by atoms with E-state index in [0.29, 0.717) is 16.7 Å². The topological polar surface area (TPSA) is 58.6 Å². The van der Waals surface area contributed by atoms with Crippen LogP contribution in [0.25, 0.3) is 6.08 Å². The zero-order valence-corrected chi connectivity index (χ0v) is 20.9. The van der Waals surface area contributed by atoms with Gasteiger partial charge >= 0.3 is 12.3 Å². The normalized spacial score (nSPS) is 14.8. The Bertz CT molecular complexity index is 1310. The minimum absolute atomic E-state index is 0.0393. The molecule has 0 radical (unpaired) electrons. The van der Waals surface area contributed by atoms with Gasteiger partial charge in [-0.1, -0.05) is 48.6 Å². The molecule has 0 saturated heterocycles. The molecule has 1 aliphatic carbocycles. The number of carbonyl (C=O) groups is 1. The van der Waals surface area contributed by atoms with Gasteiger partial charge in [-0.15, -0.1) is 0 Å². The van der Waals surface area contributed by atoms with E-state index >= 15 is 0 Å². The molecule has 0 fully saturated rings. The first-order valence-corrected chi connectivity index (χ1v) is 12.5. The van der Waals surface area contributed by atoms with Gasteiger partial charge < -0.3 is 15.2 Å². The van der Waals surface area contributed by atoms with Crippen LogP contribution in [-0.2, 0) is 12.8 Å². The van der Waals surface area contributed by atoms with E-state index in [0.717, 1.165) is 30.4 Å². The predicted molar refractivity (Wildman–Crippen MR) is 138 cm³/mol. The molecule has 2 atom stereocenters. The molecule has 0 saturated carbocycles. The average Bonchev–Trinajstić information content (AvgIpc) is 3.17. The Morgan fingerprint density at radius 3 is 2.54 bits per heavy atom. The van der Waals surface area contributed by atoms with Gasteiger partial charge in [0, 0.05) is 5.56 Å². The number of fused-ring (bicyclic) bond motifs is 1. The fourth-order valence-corrected chi connectivity index (χ4v) is 4.48. The summed E-state index contributed by atoms with van der Waals surface area (Å²) >= 11 is 0. The number of aliphatic hydroxyl groups excluding tert-OH is 1. The van der Waals surface area contributed by atoms with Gasteiger partial charge in [0.05, 0.1) is 12.1 Å². The Morgan fingerprint density at radius 1 is 1.05 bits per heavy atom. The van der Waals surface area contributed by atoms with Crippen LogP contribution < -0.4 is 10.1 Å². The fourth-order valence-electron chi connectivity index (χ4n) is 4.48. The second-order valence-corrected chi connectivity index (χ2v) is 9.45. The number of ether oxygens (including phenoxy) is 1. The van der Waals surface area contributed by atoms with Gasteiger partial charge in [-0.2, -0.15) is 8.78 Å². The summed E-state index contributed by atoms with van der Waals surface area (Å²) in [5, 5.41) is 14.1. The molecule has 9 heteroatoms. The molecule has 3 aromatic rings. The molecule has 2 N–H and O–H groups in total. The Labute approximate surface area is 223 Å². The van der Waals surface area contributed by atoms with Crippen LogP contribution in [0.15, 0.2) is 72.8 Å². The van der Waals surface area contributed by atoms with Crippen LogP contribution in [0.2, 0.25) is 0 Å². The summed E-state index contributed by atoms with van der Waals surface area (Å²) in [6.45, 7) is -1.50. The highest BCUT2D eigenvalue weighted by Crippen LogP contribution is 2.27. The minimum Gasteiger partial charge on any atom is -0.487 e. The molecule has 0 aliphatic heterocycles. The molecular formula is C30H28F5NO3. The largest absolute Gasteiger partial charge is 0.487 e. The van der Waals surface area contributed by atoms with E-state index in [1.54, 1.807) is 18.2 Å². The van der Waals surface area contributed by atoms with Crippen LogP contribution in [0.1, 0.15) is 51.6 Å². The number of aliphatic hydroxyl groups is 1. The zero-order chi connectivity index (χ0) is 28.0. The maximum absolute atomic E-state index is 13.5. The van der Waals surface area contributed by atoms with Crippen molar-refractivity contribution in [3.05, 3.63) is 106 Å². The molecule has 1 amide bonds. The summed E-state index contributed by atoms with van der Waals surface area (Å²) in [4.78, 5) is 13.5. The molecule has 206 valence electrons. The van der Waals surface area contributed by atoms with Gasteiger partial charge in [-0.3, -0.25) is 4.79 Å². The third-order valence-electron chi connectivity index (χ3n) is 6.56. The molecule has 39 heavy (non-hydrogen) atoms. The van der Waals surface area contributed by atoms with E-state index in [-0.39, 0.29) is 12.2 Å². The Morgan fingerprint density at radius 2 is 1.79 bits per heavy atom. The molecule has 0 heterocycles. The van der Waals surface area contributed by atoms with Crippen molar-refractivity contribution in [1.29, 1.82) is 0 Å². The van der Waals surface area contributed by atoms with Crippen molar-refractivity contribution in [3.63, 3.8) is 0 Å². The van der Waals surface area contributed by atoms with Crippen molar-refractivity contribution in [1.82, 2.24) is 5.32 Å². The van der Waals surface area contributed by atoms with Gasteiger partial charge in [0.15, 0.2) is 6.61 Å². The van der Waals surface area contributed by atoms with Crippen LogP contribution in [0.3, 0.4) is 0 Å². The number of halogens is 5. The van der Waals surface area contributed by atoms with Crippen molar-refractivity contribution >= 4 is 12.0 Å². The predicted octanol–water partition coefficient (Wildman–Crippen LogP) is 6.53. The second-order valence-electron chi connectivity index (χ2n) is 9.45. The summed E-state index contributed by atoms with van der Waals surface area (Å²) in [6.07, 6.45) is 1.52. The molecule has 4 rings (SSSR count). The van der Waals surface area contributed by atoms with Crippen molar-refractivity contribution < 1.29 is 36.6 Å². The van der Waals surface area contributed by atoms with E-state index < -0.39 is 42.8 Å². The SMILES string of the molecule is O=C(NC(Cc1cccc(OCC(F)(F)C(F)F)c1)C(O)c1ccc(F)cc1)c1cccc2c1C=CCCC2. The molecule has 2 unspecified atom stereocenters. The highest BCUT2D eigenvalue weighted by Gasteiger charge is 2.41. The number of carbonyl (C=O) groups excluding carboxylic acids is 1. The summed E-state index contributed by atoms with van der Waals surface area (Å²) in [5.74, 6) is -5.29. The van der Waals surface area contributed by atoms with Crippen molar-refractivity contribution in [2.45, 2.75) is 50.2 Å². The second kappa shape index (κ2) is 12.4. The van der Waals surface area contributed by atoms with E-state index in [9.17, 15) is 31.9 Å². The van der Waals surface area contributed by atoms with Gasteiger partial charge in [0.25, 0.3) is 5.91 Å². The lowest BCUT2D eigenvalue weighted by Gasteiger charge is -2.26. The first kappa shape index (κ1) is 28.3. The van der Waals surface area contributed by atoms with E-state index in [4.69, 9.17) is 4.74 Å². The van der Waals surface area contributed by atoms with E-state index in [1.165, 1.54) is 42.5 Å². The average molecular weight is 546 g/mol. The third-order valence-corrected chi connectivity index (χ3v) is 6.56. The van der Waals surface area contributed by atoms with Gasteiger partial charge in [-0.25, -0.2) is 13.2 Å². The van der Waals surface area contributed by atoms with Crippen LogP contribution >= 0.6 is 0 Å². The zero-order valence-electron chi connectivity index (χ0n) is 20.9. The fraction of sp³-hybridized carbons (Fsp3) is 0.300. The molecule has 4 nitrogen and oxygen atoms in total. The Hall–Kier alpha value is -3.72. The number of aryl methyl sites for hydroxylation is 1. The number of alkyl halides is 4. The van der Waals surface area contributed by atoms with Crippen molar-refractivity contribution in [2.24, 2.45) is 0 Å². The Balaban J connectivity index is 1.59. The third kappa shape index (κ3) is 7.23. The number of amides is 1. The van der Waals surface area contributed by atoms with Crippen molar-refractivity contribution in [2.75, 3.05) is 6.61 Å². The van der Waals surface area contributed by atoms with Gasteiger partial charge in [-0.05, 0) is 78.3 Å². The van der Waals surface area contributed by atoms with Gasteiger partial charge in [0.1, 0.15) is 11.6 Å². The number of allylic oxidation sites excluding steroid dienone is 1. The lowest BCUT2D eigenvalue weighted by atomic mass is 9.94.